The first-order valence-corrected chi connectivity index (χ1v) is 12.4. The van der Waals surface area contributed by atoms with E-state index in [9.17, 15) is 9.59 Å². The maximum absolute atomic E-state index is 12.7. The van der Waals surface area contributed by atoms with Gasteiger partial charge >= 0.3 is 0 Å². The lowest BCUT2D eigenvalue weighted by Gasteiger charge is -2.25. The summed E-state index contributed by atoms with van der Waals surface area (Å²) in [5.74, 6) is 0.730. The van der Waals surface area contributed by atoms with Gasteiger partial charge in [-0.15, -0.1) is 11.3 Å². The third-order valence-corrected chi connectivity index (χ3v) is 6.92. The lowest BCUT2D eigenvalue weighted by molar-refractivity contribution is -0.123. The predicted octanol–water partition coefficient (Wildman–Crippen LogP) is 3.73. The third-order valence-electron chi connectivity index (χ3n) is 5.50. The van der Waals surface area contributed by atoms with Crippen LogP contribution in [0.1, 0.15) is 33.0 Å². The second kappa shape index (κ2) is 9.93. The standard InChI is InChI=1S/C24H30ClN5O2S/c1-24(2,3)28-21(31)15-30-10-4-9-29(11-12-30)14-20-26-18-13-19(33-22(18)23(32)27-20)16-5-7-17(25)8-6-16/h5-8,13H,4,9-12,14-15H2,1-3H3,(H,28,31)(H,26,27,32). The van der Waals surface area contributed by atoms with Crippen LogP contribution in [0.15, 0.2) is 35.1 Å². The second-order valence-electron chi connectivity index (χ2n) is 9.55. The summed E-state index contributed by atoms with van der Waals surface area (Å²) in [5.41, 5.74) is 1.42. The molecule has 0 aliphatic carbocycles. The average molecular weight is 488 g/mol. The molecule has 176 valence electrons. The Kier molecular flexibility index (Phi) is 7.19. The van der Waals surface area contributed by atoms with E-state index in [2.05, 4.69) is 20.1 Å². The smallest absolute Gasteiger partial charge is 0.268 e. The summed E-state index contributed by atoms with van der Waals surface area (Å²) in [6.45, 7) is 10.4. The molecule has 1 aliphatic rings. The largest absolute Gasteiger partial charge is 0.350 e. The van der Waals surface area contributed by atoms with Crippen LogP contribution in [0.25, 0.3) is 20.7 Å². The normalized spacial score (nSPS) is 16.1. The maximum atomic E-state index is 12.7. The van der Waals surface area contributed by atoms with Crippen molar-refractivity contribution in [2.45, 2.75) is 39.3 Å². The van der Waals surface area contributed by atoms with Crippen molar-refractivity contribution in [1.29, 1.82) is 0 Å². The van der Waals surface area contributed by atoms with Crippen molar-refractivity contribution >= 4 is 39.1 Å². The minimum atomic E-state index is -0.222. The van der Waals surface area contributed by atoms with E-state index in [4.69, 9.17) is 16.6 Å². The van der Waals surface area contributed by atoms with Gasteiger partial charge in [-0.25, -0.2) is 4.98 Å². The number of hydrogen-bond donors (Lipinski definition) is 2. The van der Waals surface area contributed by atoms with Crippen molar-refractivity contribution in [3.63, 3.8) is 0 Å². The van der Waals surface area contributed by atoms with Crippen molar-refractivity contribution in [3.8, 4) is 10.4 Å². The van der Waals surface area contributed by atoms with Gasteiger partial charge in [-0.1, -0.05) is 23.7 Å². The molecule has 1 saturated heterocycles. The summed E-state index contributed by atoms with van der Waals surface area (Å²) in [5, 5.41) is 3.71. The van der Waals surface area contributed by atoms with Crippen molar-refractivity contribution in [1.82, 2.24) is 25.1 Å². The number of aromatic nitrogens is 2. The van der Waals surface area contributed by atoms with E-state index in [1.165, 1.54) is 11.3 Å². The quantitative estimate of drug-likeness (QED) is 0.573. The first-order chi connectivity index (χ1) is 15.7. The van der Waals surface area contributed by atoms with Crippen LogP contribution in [-0.2, 0) is 11.3 Å². The Bertz CT molecular complexity index is 1180. The maximum Gasteiger partial charge on any atom is 0.268 e. The molecular weight excluding hydrogens is 458 g/mol. The highest BCUT2D eigenvalue weighted by Gasteiger charge is 2.20. The number of benzene rings is 1. The first kappa shape index (κ1) is 23.9. The van der Waals surface area contributed by atoms with E-state index < -0.39 is 0 Å². The summed E-state index contributed by atoms with van der Waals surface area (Å²) in [6, 6.07) is 9.57. The Morgan fingerprint density at radius 3 is 2.58 bits per heavy atom. The number of rotatable bonds is 5. The number of aromatic amines is 1. The van der Waals surface area contributed by atoms with Crippen LogP contribution in [0.2, 0.25) is 5.02 Å². The van der Waals surface area contributed by atoms with Crippen LogP contribution in [0.3, 0.4) is 0 Å². The molecule has 0 atom stereocenters. The lowest BCUT2D eigenvalue weighted by atomic mass is 10.1. The number of hydrogen-bond acceptors (Lipinski definition) is 6. The Morgan fingerprint density at radius 1 is 1.15 bits per heavy atom. The first-order valence-electron chi connectivity index (χ1n) is 11.2. The third kappa shape index (κ3) is 6.41. The van der Waals surface area contributed by atoms with Crippen molar-refractivity contribution < 1.29 is 4.79 Å². The van der Waals surface area contributed by atoms with Gasteiger partial charge in [0, 0.05) is 28.5 Å². The molecule has 0 saturated carbocycles. The number of carbonyl (C=O) groups excluding carboxylic acids is 1. The molecule has 3 aromatic rings. The van der Waals surface area contributed by atoms with E-state index in [0.29, 0.717) is 28.6 Å². The Labute approximate surface area is 202 Å². The molecular formula is C24H30ClN5O2S. The summed E-state index contributed by atoms with van der Waals surface area (Å²) in [4.78, 5) is 38.2. The van der Waals surface area contributed by atoms with Gasteiger partial charge in [0.1, 0.15) is 10.5 Å². The molecule has 1 fully saturated rings. The van der Waals surface area contributed by atoms with Crippen LogP contribution in [-0.4, -0.2) is 63.9 Å². The number of nitrogens with zero attached hydrogens (tertiary/aromatic N) is 3. The van der Waals surface area contributed by atoms with E-state index in [1.807, 2.05) is 51.1 Å². The lowest BCUT2D eigenvalue weighted by Crippen LogP contribution is -2.46. The van der Waals surface area contributed by atoms with E-state index in [0.717, 1.165) is 48.6 Å². The van der Waals surface area contributed by atoms with Gasteiger partial charge < -0.3 is 10.3 Å². The van der Waals surface area contributed by atoms with Crippen molar-refractivity contribution in [3.05, 3.63) is 51.5 Å². The molecule has 1 aromatic carbocycles. The zero-order chi connectivity index (χ0) is 23.6. The molecule has 7 nitrogen and oxygen atoms in total. The Balaban J connectivity index is 1.42. The number of thiophene rings is 1. The summed E-state index contributed by atoms with van der Waals surface area (Å²) in [7, 11) is 0. The molecule has 0 unspecified atom stereocenters. The monoisotopic (exact) mass is 487 g/mol. The predicted molar refractivity (Wildman–Crippen MR) is 135 cm³/mol. The van der Waals surface area contributed by atoms with Gasteiger partial charge in [-0.05, 0) is 64.0 Å². The fraction of sp³-hybridized carbons (Fsp3) is 0.458. The van der Waals surface area contributed by atoms with Crippen LogP contribution in [0.4, 0.5) is 0 Å². The molecule has 9 heteroatoms. The minimum absolute atomic E-state index is 0.0568. The number of amides is 1. The van der Waals surface area contributed by atoms with Crippen LogP contribution in [0.5, 0.6) is 0 Å². The topological polar surface area (TPSA) is 81.3 Å². The average Bonchev–Trinajstić information content (AvgIpc) is 3.04. The Morgan fingerprint density at radius 2 is 1.85 bits per heavy atom. The van der Waals surface area contributed by atoms with Crippen LogP contribution < -0.4 is 10.9 Å². The molecule has 1 aliphatic heterocycles. The van der Waals surface area contributed by atoms with Gasteiger partial charge in [0.05, 0.1) is 18.6 Å². The molecule has 33 heavy (non-hydrogen) atoms. The number of halogens is 1. The molecule has 2 N–H and O–H groups in total. The number of carbonyl (C=O) groups is 1. The molecule has 2 aromatic heterocycles. The zero-order valence-electron chi connectivity index (χ0n) is 19.3. The summed E-state index contributed by atoms with van der Waals surface area (Å²) in [6.07, 6.45) is 0.967. The zero-order valence-corrected chi connectivity index (χ0v) is 20.9. The van der Waals surface area contributed by atoms with Gasteiger partial charge in [0.2, 0.25) is 5.91 Å². The highest BCUT2D eigenvalue weighted by Crippen LogP contribution is 2.31. The number of fused-ring (bicyclic) bond motifs is 1. The fourth-order valence-electron chi connectivity index (χ4n) is 4.03. The van der Waals surface area contributed by atoms with Gasteiger partial charge in [-0.2, -0.15) is 0 Å². The molecule has 0 bridgehead atoms. The van der Waals surface area contributed by atoms with Crippen molar-refractivity contribution in [2.24, 2.45) is 0 Å². The summed E-state index contributed by atoms with van der Waals surface area (Å²) >= 11 is 7.44. The Hall–Kier alpha value is -2.26. The van der Waals surface area contributed by atoms with E-state index in [1.54, 1.807) is 0 Å². The van der Waals surface area contributed by atoms with Gasteiger partial charge in [0.25, 0.3) is 5.56 Å². The molecule has 4 rings (SSSR count). The summed E-state index contributed by atoms with van der Waals surface area (Å²) < 4.78 is 0.635. The fourth-order valence-corrected chi connectivity index (χ4v) is 5.16. The number of nitrogens with one attached hydrogen (secondary N) is 2. The molecule has 0 spiro atoms. The van der Waals surface area contributed by atoms with Gasteiger partial charge in [-0.3, -0.25) is 19.4 Å². The van der Waals surface area contributed by atoms with Crippen LogP contribution in [0, 0.1) is 0 Å². The van der Waals surface area contributed by atoms with Crippen LogP contribution >= 0.6 is 22.9 Å². The second-order valence-corrected chi connectivity index (χ2v) is 11.0. The van der Waals surface area contributed by atoms with E-state index in [-0.39, 0.29) is 17.0 Å². The highest BCUT2D eigenvalue weighted by atomic mass is 35.5. The van der Waals surface area contributed by atoms with Gasteiger partial charge in [0.15, 0.2) is 0 Å². The van der Waals surface area contributed by atoms with Crippen molar-refractivity contribution in [2.75, 3.05) is 32.7 Å². The minimum Gasteiger partial charge on any atom is -0.350 e. The number of H-pyrrole nitrogens is 1. The highest BCUT2D eigenvalue weighted by molar-refractivity contribution is 7.22. The molecule has 3 heterocycles. The molecule has 1 amide bonds. The molecule has 0 radical (unpaired) electrons. The SMILES string of the molecule is CC(C)(C)NC(=O)CN1CCCN(Cc2nc3cc(-c4ccc(Cl)cc4)sc3c(=O)[nH]2)CC1. The van der Waals surface area contributed by atoms with E-state index >= 15 is 0 Å².